The first kappa shape index (κ1) is 13.9. The standard InChI is InChI=1S/C16H25N3/c1-12-6-5-7-13(10-12)16(2,3)11-18-15(17-4)19-14-8-9-14/h5-7,10,14H,8-9,11H2,1-4H3,(H2,17,18,19). The SMILES string of the molecule is CN=C(NCC(C)(C)c1cccc(C)c1)NC1CC1. The van der Waals surface area contributed by atoms with E-state index in [2.05, 4.69) is 60.7 Å². The summed E-state index contributed by atoms with van der Waals surface area (Å²) in [5, 5.41) is 6.85. The Hall–Kier alpha value is -1.51. The Balaban J connectivity index is 1.96. The van der Waals surface area contributed by atoms with Gasteiger partial charge < -0.3 is 10.6 Å². The van der Waals surface area contributed by atoms with Gasteiger partial charge in [0.2, 0.25) is 0 Å². The van der Waals surface area contributed by atoms with Crippen LogP contribution < -0.4 is 10.6 Å². The molecule has 0 aromatic heterocycles. The van der Waals surface area contributed by atoms with Crippen molar-refractivity contribution < 1.29 is 0 Å². The molecule has 2 N–H and O–H groups in total. The van der Waals surface area contributed by atoms with E-state index in [-0.39, 0.29) is 5.41 Å². The van der Waals surface area contributed by atoms with Gasteiger partial charge in [0.15, 0.2) is 5.96 Å². The number of rotatable bonds is 4. The Kier molecular flexibility index (Phi) is 4.13. The minimum absolute atomic E-state index is 0.0905. The second-order valence-electron chi connectivity index (χ2n) is 6.10. The quantitative estimate of drug-likeness (QED) is 0.644. The lowest BCUT2D eigenvalue weighted by Crippen LogP contribution is -2.44. The minimum Gasteiger partial charge on any atom is -0.356 e. The molecular weight excluding hydrogens is 234 g/mol. The highest BCUT2D eigenvalue weighted by Gasteiger charge is 2.24. The summed E-state index contributed by atoms with van der Waals surface area (Å²) in [5.74, 6) is 0.920. The number of aliphatic imine (C=N–C) groups is 1. The molecule has 0 radical (unpaired) electrons. The molecule has 3 heteroatoms. The Bertz CT molecular complexity index is 459. The molecular formula is C16H25N3. The molecule has 1 saturated carbocycles. The second kappa shape index (κ2) is 5.64. The van der Waals surface area contributed by atoms with E-state index in [4.69, 9.17) is 0 Å². The molecule has 0 unspecified atom stereocenters. The van der Waals surface area contributed by atoms with Crippen LogP contribution in [0.4, 0.5) is 0 Å². The summed E-state index contributed by atoms with van der Waals surface area (Å²) in [6.45, 7) is 7.54. The fourth-order valence-electron chi connectivity index (χ4n) is 2.09. The van der Waals surface area contributed by atoms with Gasteiger partial charge in [0.05, 0.1) is 0 Å². The Labute approximate surface area is 116 Å². The van der Waals surface area contributed by atoms with Crippen molar-refractivity contribution in [3.05, 3.63) is 35.4 Å². The number of hydrogen-bond acceptors (Lipinski definition) is 1. The molecule has 0 spiro atoms. The molecule has 3 nitrogen and oxygen atoms in total. The van der Waals surface area contributed by atoms with Crippen LogP contribution >= 0.6 is 0 Å². The van der Waals surface area contributed by atoms with Gasteiger partial charge in [-0.2, -0.15) is 0 Å². The minimum atomic E-state index is 0.0905. The zero-order valence-electron chi connectivity index (χ0n) is 12.5. The average molecular weight is 259 g/mol. The largest absolute Gasteiger partial charge is 0.356 e. The maximum absolute atomic E-state index is 4.28. The summed E-state index contributed by atoms with van der Waals surface area (Å²) < 4.78 is 0. The number of benzene rings is 1. The van der Waals surface area contributed by atoms with Crippen molar-refractivity contribution in [3.63, 3.8) is 0 Å². The van der Waals surface area contributed by atoms with Gasteiger partial charge in [-0.3, -0.25) is 4.99 Å². The number of nitrogens with one attached hydrogen (secondary N) is 2. The molecule has 2 rings (SSSR count). The van der Waals surface area contributed by atoms with Gasteiger partial charge in [0.1, 0.15) is 0 Å². The molecule has 0 heterocycles. The normalized spacial score (nSPS) is 16.3. The zero-order chi connectivity index (χ0) is 13.9. The predicted molar refractivity (Wildman–Crippen MR) is 81.7 cm³/mol. The van der Waals surface area contributed by atoms with Crippen LogP contribution in [-0.2, 0) is 5.41 Å². The van der Waals surface area contributed by atoms with Crippen molar-refractivity contribution in [3.8, 4) is 0 Å². The van der Waals surface area contributed by atoms with Crippen LogP contribution in [0, 0.1) is 6.92 Å². The molecule has 1 fully saturated rings. The Morgan fingerprint density at radius 2 is 2.11 bits per heavy atom. The number of guanidine groups is 1. The first-order chi connectivity index (χ1) is 9.01. The molecule has 1 aliphatic rings. The van der Waals surface area contributed by atoms with Crippen LogP contribution in [0.15, 0.2) is 29.3 Å². The molecule has 19 heavy (non-hydrogen) atoms. The lowest BCUT2D eigenvalue weighted by Gasteiger charge is -2.27. The molecule has 0 amide bonds. The Morgan fingerprint density at radius 1 is 1.37 bits per heavy atom. The van der Waals surface area contributed by atoms with Crippen LogP contribution in [0.25, 0.3) is 0 Å². The first-order valence-electron chi connectivity index (χ1n) is 7.05. The molecule has 104 valence electrons. The maximum atomic E-state index is 4.28. The summed E-state index contributed by atoms with van der Waals surface area (Å²) in [6, 6.07) is 9.36. The number of nitrogens with zero attached hydrogens (tertiary/aromatic N) is 1. The lowest BCUT2D eigenvalue weighted by molar-refractivity contribution is 0.508. The van der Waals surface area contributed by atoms with Crippen molar-refractivity contribution in [1.82, 2.24) is 10.6 Å². The molecule has 0 saturated heterocycles. The fraction of sp³-hybridized carbons (Fsp3) is 0.562. The smallest absolute Gasteiger partial charge is 0.191 e. The van der Waals surface area contributed by atoms with E-state index < -0.39 is 0 Å². The van der Waals surface area contributed by atoms with Gasteiger partial charge in [-0.25, -0.2) is 0 Å². The zero-order valence-corrected chi connectivity index (χ0v) is 12.5. The topological polar surface area (TPSA) is 36.4 Å². The monoisotopic (exact) mass is 259 g/mol. The molecule has 1 aliphatic carbocycles. The third kappa shape index (κ3) is 3.98. The van der Waals surface area contributed by atoms with E-state index in [0.29, 0.717) is 6.04 Å². The van der Waals surface area contributed by atoms with E-state index in [1.165, 1.54) is 24.0 Å². The highest BCUT2D eigenvalue weighted by atomic mass is 15.2. The van der Waals surface area contributed by atoms with E-state index >= 15 is 0 Å². The fourth-order valence-corrected chi connectivity index (χ4v) is 2.09. The average Bonchev–Trinajstić information content (AvgIpc) is 3.18. The molecule has 0 bridgehead atoms. The van der Waals surface area contributed by atoms with Crippen LogP contribution in [0.5, 0.6) is 0 Å². The third-order valence-corrected chi connectivity index (χ3v) is 3.64. The number of hydrogen-bond donors (Lipinski definition) is 2. The van der Waals surface area contributed by atoms with E-state index in [1.807, 2.05) is 7.05 Å². The van der Waals surface area contributed by atoms with Crippen LogP contribution in [-0.4, -0.2) is 25.6 Å². The van der Waals surface area contributed by atoms with E-state index in [1.54, 1.807) is 0 Å². The van der Waals surface area contributed by atoms with E-state index in [0.717, 1.165) is 12.5 Å². The van der Waals surface area contributed by atoms with Gasteiger partial charge in [-0.15, -0.1) is 0 Å². The summed E-state index contributed by atoms with van der Waals surface area (Å²) in [4.78, 5) is 4.28. The van der Waals surface area contributed by atoms with Gasteiger partial charge in [0.25, 0.3) is 0 Å². The molecule has 1 aromatic carbocycles. The van der Waals surface area contributed by atoms with Crippen molar-refractivity contribution in [2.75, 3.05) is 13.6 Å². The molecule has 0 atom stereocenters. The van der Waals surface area contributed by atoms with Crippen molar-refractivity contribution in [2.45, 2.75) is 45.1 Å². The van der Waals surface area contributed by atoms with Gasteiger partial charge in [-0.1, -0.05) is 43.7 Å². The molecule has 1 aromatic rings. The first-order valence-corrected chi connectivity index (χ1v) is 7.05. The van der Waals surface area contributed by atoms with Crippen LogP contribution in [0.1, 0.15) is 37.8 Å². The van der Waals surface area contributed by atoms with Gasteiger partial charge >= 0.3 is 0 Å². The second-order valence-corrected chi connectivity index (χ2v) is 6.10. The van der Waals surface area contributed by atoms with Crippen molar-refractivity contribution in [1.29, 1.82) is 0 Å². The maximum Gasteiger partial charge on any atom is 0.191 e. The van der Waals surface area contributed by atoms with E-state index in [9.17, 15) is 0 Å². The predicted octanol–water partition coefficient (Wildman–Crippen LogP) is 2.60. The van der Waals surface area contributed by atoms with Gasteiger partial charge in [-0.05, 0) is 25.3 Å². The third-order valence-electron chi connectivity index (χ3n) is 3.64. The van der Waals surface area contributed by atoms with Crippen molar-refractivity contribution in [2.24, 2.45) is 4.99 Å². The summed E-state index contributed by atoms with van der Waals surface area (Å²) in [6.07, 6.45) is 2.53. The lowest BCUT2D eigenvalue weighted by atomic mass is 9.84. The summed E-state index contributed by atoms with van der Waals surface area (Å²) in [7, 11) is 1.83. The van der Waals surface area contributed by atoms with Gasteiger partial charge in [0, 0.05) is 25.0 Å². The summed E-state index contributed by atoms with van der Waals surface area (Å²) >= 11 is 0. The Morgan fingerprint density at radius 3 is 2.68 bits per heavy atom. The highest BCUT2D eigenvalue weighted by molar-refractivity contribution is 5.80. The summed E-state index contributed by atoms with van der Waals surface area (Å²) in [5.41, 5.74) is 2.76. The van der Waals surface area contributed by atoms with Crippen molar-refractivity contribution >= 4 is 5.96 Å². The van der Waals surface area contributed by atoms with Crippen LogP contribution in [0.3, 0.4) is 0 Å². The van der Waals surface area contributed by atoms with Crippen LogP contribution in [0.2, 0.25) is 0 Å². The number of aryl methyl sites for hydroxylation is 1. The highest BCUT2D eigenvalue weighted by Crippen LogP contribution is 2.23. The molecule has 0 aliphatic heterocycles.